The topological polar surface area (TPSA) is 58.9 Å². The van der Waals surface area contributed by atoms with E-state index in [0.717, 1.165) is 49.3 Å². The van der Waals surface area contributed by atoms with E-state index in [1.807, 2.05) is 19.3 Å². The highest BCUT2D eigenvalue weighted by atomic mass is 16.5. The fraction of sp³-hybridized carbons (Fsp3) is 0.478. The predicted octanol–water partition coefficient (Wildman–Crippen LogP) is 2.72. The van der Waals surface area contributed by atoms with Gasteiger partial charge in [0.05, 0.1) is 19.7 Å². The minimum Gasteiger partial charge on any atom is -0.379 e. The van der Waals surface area contributed by atoms with Gasteiger partial charge in [0, 0.05) is 39.0 Å². The lowest BCUT2D eigenvalue weighted by Crippen LogP contribution is -2.40. The molecule has 6 nitrogen and oxygen atoms in total. The Morgan fingerprint density at radius 3 is 2.66 bits per heavy atom. The molecular formula is C23H32N4O2. The number of likely N-dealkylation sites (N-methyl/N-ethyl adjacent to an activating group) is 1. The van der Waals surface area contributed by atoms with E-state index in [4.69, 9.17) is 9.73 Å². The van der Waals surface area contributed by atoms with Gasteiger partial charge in [-0.15, -0.1) is 0 Å². The van der Waals surface area contributed by atoms with Crippen LogP contribution in [0.5, 0.6) is 0 Å². The predicted molar refractivity (Wildman–Crippen MR) is 117 cm³/mol. The Morgan fingerprint density at radius 1 is 1.21 bits per heavy atom. The van der Waals surface area contributed by atoms with Crippen molar-refractivity contribution in [2.45, 2.75) is 32.9 Å². The molecule has 29 heavy (non-hydrogen) atoms. The summed E-state index contributed by atoms with van der Waals surface area (Å²) in [6.07, 6.45) is 4.45. The highest BCUT2D eigenvalue weighted by Gasteiger charge is 2.21. The second-order valence-electron chi connectivity index (χ2n) is 7.59. The van der Waals surface area contributed by atoms with Crippen molar-refractivity contribution in [2.24, 2.45) is 10.9 Å². The Labute approximate surface area is 173 Å². The number of aromatic nitrogens is 1. The van der Waals surface area contributed by atoms with Crippen LogP contribution in [0.3, 0.4) is 0 Å². The zero-order valence-electron chi connectivity index (χ0n) is 17.5. The van der Waals surface area contributed by atoms with Crippen molar-refractivity contribution in [3.63, 3.8) is 0 Å². The maximum absolute atomic E-state index is 11.8. The second-order valence-corrected chi connectivity index (χ2v) is 7.59. The molecule has 1 N–H and O–H groups in total. The van der Waals surface area contributed by atoms with Crippen molar-refractivity contribution in [1.82, 2.24) is 14.8 Å². The number of benzene rings is 1. The van der Waals surface area contributed by atoms with E-state index in [0.29, 0.717) is 13.1 Å². The molecule has 1 aromatic heterocycles. The average molecular weight is 397 g/mol. The summed E-state index contributed by atoms with van der Waals surface area (Å²) in [5.41, 5.74) is 2.26. The third-order valence-electron chi connectivity index (χ3n) is 5.00. The first-order valence-corrected chi connectivity index (χ1v) is 10.5. The lowest BCUT2D eigenvalue weighted by Gasteiger charge is -2.22. The summed E-state index contributed by atoms with van der Waals surface area (Å²) < 4.78 is 7.45. The summed E-state index contributed by atoms with van der Waals surface area (Å²) in [5.74, 6) is 1.69. The first-order valence-electron chi connectivity index (χ1n) is 10.5. The molecule has 0 radical (unpaired) electrons. The van der Waals surface area contributed by atoms with Gasteiger partial charge in [0.2, 0.25) is 0 Å². The van der Waals surface area contributed by atoms with Crippen molar-refractivity contribution in [2.75, 3.05) is 33.4 Å². The summed E-state index contributed by atoms with van der Waals surface area (Å²) in [6, 6.07) is 13.5. The van der Waals surface area contributed by atoms with Crippen molar-refractivity contribution >= 4 is 5.96 Å². The molecule has 156 valence electrons. The first-order chi connectivity index (χ1) is 14.2. The molecular weight excluding hydrogens is 364 g/mol. The molecule has 0 spiro atoms. The monoisotopic (exact) mass is 396 g/mol. The standard InChI is InChI=1S/C23H32N4O2/c1-3-24-23(26(2)14-15-29-18-21-11-12-21)25-16-19-7-9-20(10-8-19)17-27-13-5-4-6-22(27)28/h4-10,13,21H,3,11-12,14-18H2,1-2H3,(H,24,25). The highest BCUT2D eigenvalue weighted by molar-refractivity contribution is 5.79. The number of nitrogens with zero attached hydrogens (tertiary/aromatic N) is 3. The maximum Gasteiger partial charge on any atom is 0.250 e. The van der Waals surface area contributed by atoms with Gasteiger partial charge in [-0.2, -0.15) is 0 Å². The molecule has 1 fully saturated rings. The van der Waals surface area contributed by atoms with Crippen LogP contribution in [-0.2, 0) is 17.8 Å². The molecule has 1 aliphatic carbocycles. The fourth-order valence-corrected chi connectivity index (χ4v) is 3.02. The van der Waals surface area contributed by atoms with Gasteiger partial charge >= 0.3 is 0 Å². The van der Waals surface area contributed by atoms with Crippen LogP contribution in [0, 0.1) is 5.92 Å². The van der Waals surface area contributed by atoms with Crippen LogP contribution in [-0.4, -0.2) is 48.8 Å². The van der Waals surface area contributed by atoms with Gasteiger partial charge in [-0.05, 0) is 42.9 Å². The van der Waals surface area contributed by atoms with Crippen molar-refractivity contribution < 1.29 is 4.74 Å². The smallest absolute Gasteiger partial charge is 0.250 e. The SMILES string of the molecule is CCNC(=NCc1ccc(Cn2ccccc2=O)cc1)N(C)CCOCC1CC1. The highest BCUT2D eigenvalue weighted by Crippen LogP contribution is 2.28. The Morgan fingerprint density at radius 2 is 1.97 bits per heavy atom. The van der Waals surface area contributed by atoms with Gasteiger partial charge < -0.3 is 19.5 Å². The molecule has 0 aliphatic heterocycles. The summed E-state index contributed by atoms with van der Waals surface area (Å²) in [6.45, 7) is 6.54. The van der Waals surface area contributed by atoms with Crippen molar-refractivity contribution in [3.8, 4) is 0 Å². The van der Waals surface area contributed by atoms with Gasteiger partial charge in [0.15, 0.2) is 5.96 Å². The van der Waals surface area contributed by atoms with E-state index in [9.17, 15) is 4.79 Å². The minimum atomic E-state index is 0.0145. The number of hydrogen-bond donors (Lipinski definition) is 1. The molecule has 0 unspecified atom stereocenters. The largest absolute Gasteiger partial charge is 0.379 e. The number of rotatable bonds is 10. The number of aliphatic imine (C=N–C) groups is 1. The maximum atomic E-state index is 11.8. The average Bonchev–Trinajstić information content (AvgIpc) is 3.55. The van der Waals surface area contributed by atoms with E-state index in [1.165, 1.54) is 12.8 Å². The van der Waals surface area contributed by atoms with Gasteiger partial charge in [-0.25, -0.2) is 4.99 Å². The van der Waals surface area contributed by atoms with Crippen LogP contribution in [0.25, 0.3) is 0 Å². The molecule has 1 aliphatic rings. The lowest BCUT2D eigenvalue weighted by molar-refractivity contribution is 0.115. The summed E-state index contributed by atoms with van der Waals surface area (Å²) in [7, 11) is 2.04. The number of nitrogens with one attached hydrogen (secondary N) is 1. The molecule has 3 rings (SSSR count). The Balaban J connectivity index is 1.52. The Hall–Kier alpha value is -2.60. The zero-order valence-corrected chi connectivity index (χ0v) is 17.5. The molecule has 0 atom stereocenters. The molecule has 2 aromatic rings. The quantitative estimate of drug-likeness (QED) is 0.381. The molecule has 1 saturated carbocycles. The molecule has 1 aromatic carbocycles. The number of ether oxygens (including phenoxy) is 1. The first kappa shape index (κ1) is 21.1. The van der Waals surface area contributed by atoms with Crippen LogP contribution in [0.4, 0.5) is 0 Å². The molecule has 0 saturated heterocycles. The third-order valence-corrected chi connectivity index (χ3v) is 5.00. The summed E-state index contributed by atoms with van der Waals surface area (Å²) >= 11 is 0. The van der Waals surface area contributed by atoms with E-state index in [2.05, 4.69) is 41.4 Å². The van der Waals surface area contributed by atoms with Crippen molar-refractivity contribution in [3.05, 3.63) is 70.1 Å². The molecule has 1 heterocycles. The van der Waals surface area contributed by atoms with Crippen molar-refractivity contribution in [1.29, 1.82) is 0 Å². The molecule has 6 heteroatoms. The van der Waals surface area contributed by atoms with Crippen LogP contribution < -0.4 is 10.9 Å². The van der Waals surface area contributed by atoms with Gasteiger partial charge in [-0.1, -0.05) is 30.3 Å². The number of guanidine groups is 1. The Kier molecular flexibility index (Phi) is 7.87. The Bertz CT molecular complexity index is 840. The van der Waals surface area contributed by atoms with Gasteiger partial charge in [-0.3, -0.25) is 4.79 Å². The van der Waals surface area contributed by atoms with Crippen LogP contribution >= 0.6 is 0 Å². The molecule has 0 bridgehead atoms. The fourth-order valence-electron chi connectivity index (χ4n) is 3.02. The summed E-state index contributed by atoms with van der Waals surface area (Å²) in [5, 5.41) is 3.35. The van der Waals surface area contributed by atoms with Gasteiger partial charge in [0.1, 0.15) is 0 Å². The number of pyridine rings is 1. The zero-order chi connectivity index (χ0) is 20.5. The summed E-state index contributed by atoms with van der Waals surface area (Å²) in [4.78, 5) is 18.7. The third kappa shape index (κ3) is 7.06. The normalized spacial score (nSPS) is 14.1. The van der Waals surface area contributed by atoms with Gasteiger partial charge in [0.25, 0.3) is 5.56 Å². The second kappa shape index (κ2) is 10.8. The molecule has 0 amide bonds. The number of hydrogen-bond acceptors (Lipinski definition) is 3. The minimum absolute atomic E-state index is 0.0145. The van der Waals surface area contributed by atoms with Crippen LogP contribution in [0.1, 0.15) is 30.9 Å². The lowest BCUT2D eigenvalue weighted by atomic mass is 10.1. The van der Waals surface area contributed by atoms with Crippen LogP contribution in [0.15, 0.2) is 58.4 Å². The van der Waals surface area contributed by atoms with E-state index >= 15 is 0 Å². The van der Waals surface area contributed by atoms with E-state index < -0.39 is 0 Å². The van der Waals surface area contributed by atoms with E-state index in [1.54, 1.807) is 16.7 Å². The van der Waals surface area contributed by atoms with Crippen LogP contribution in [0.2, 0.25) is 0 Å². The van der Waals surface area contributed by atoms with E-state index in [-0.39, 0.29) is 5.56 Å².